The fourth-order valence-electron chi connectivity index (χ4n) is 1.17. The summed E-state index contributed by atoms with van der Waals surface area (Å²) in [6.07, 6.45) is 2.89. The molecule has 2 heteroatoms. The average Bonchev–Trinajstić information content (AvgIpc) is 2.16. The van der Waals surface area contributed by atoms with E-state index in [0.717, 1.165) is 17.9 Å². The maximum absolute atomic E-state index is 5.98. The summed E-state index contributed by atoms with van der Waals surface area (Å²) in [5, 5.41) is 0. The van der Waals surface area contributed by atoms with Crippen LogP contribution in [0, 0.1) is 0 Å². The van der Waals surface area contributed by atoms with Gasteiger partial charge < -0.3 is 5.73 Å². The summed E-state index contributed by atoms with van der Waals surface area (Å²) in [5.74, 6) is 0.914. The molecule has 0 saturated heterocycles. The van der Waals surface area contributed by atoms with Gasteiger partial charge in [-0.2, -0.15) is 0 Å². The fourth-order valence-corrected chi connectivity index (χ4v) is 1.93. The monoisotopic (exact) mass is 193 g/mol. The predicted molar refractivity (Wildman–Crippen MR) is 61.2 cm³/mol. The lowest BCUT2D eigenvalue weighted by atomic mass is 10.1. The zero-order valence-electron chi connectivity index (χ0n) is 7.92. The van der Waals surface area contributed by atoms with E-state index in [2.05, 4.69) is 31.7 Å². The molecule has 2 N–H and O–H groups in total. The zero-order chi connectivity index (χ0) is 9.68. The van der Waals surface area contributed by atoms with Gasteiger partial charge in [-0.15, -0.1) is 18.3 Å². The smallest absolute Gasteiger partial charge is 0.0484 e. The first kappa shape index (κ1) is 10.2. The summed E-state index contributed by atoms with van der Waals surface area (Å²) in [6, 6.07) is 6.19. The number of nitrogen functional groups attached to an aromatic ring is 1. The molecule has 1 rings (SSSR count). The molecule has 0 unspecified atom stereocenters. The molecule has 0 atom stereocenters. The van der Waals surface area contributed by atoms with Crippen molar-refractivity contribution in [3.05, 3.63) is 36.4 Å². The van der Waals surface area contributed by atoms with Crippen molar-refractivity contribution in [3.63, 3.8) is 0 Å². The highest BCUT2D eigenvalue weighted by atomic mass is 32.2. The summed E-state index contributed by atoms with van der Waals surface area (Å²) < 4.78 is 0. The van der Waals surface area contributed by atoms with Crippen molar-refractivity contribution in [1.29, 1.82) is 0 Å². The number of hydrogen-bond acceptors (Lipinski definition) is 2. The molecule has 0 heterocycles. The molecule has 0 bridgehead atoms. The Labute approximate surface area is 84.0 Å². The number of benzene rings is 1. The molecular weight excluding hydrogens is 178 g/mol. The molecule has 0 fully saturated rings. The first-order chi connectivity index (χ1) is 6.29. The summed E-state index contributed by atoms with van der Waals surface area (Å²) >= 11 is 1.73. The Morgan fingerprint density at radius 2 is 2.31 bits per heavy atom. The fraction of sp³-hybridized carbons (Fsp3) is 0.273. The Morgan fingerprint density at radius 1 is 1.54 bits per heavy atom. The van der Waals surface area contributed by atoms with E-state index in [4.69, 9.17) is 5.73 Å². The van der Waals surface area contributed by atoms with Crippen molar-refractivity contribution < 1.29 is 0 Å². The van der Waals surface area contributed by atoms with Crippen LogP contribution in [0.5, 0.6) is 0 Å². The Bertz CT molecular complexity index is 294. The van der Waals surface area contributed by atoms with Crippen LogP contribution in [-0.2, 0) is 6.42 Å². The van der Waals surface area contributed by atoms with Crippen molar-refractivity contribution in [1.82, 2.24) is 0 Å². The van der Waals surface area contributed by atoms with Crippen LogP contribution in [0.1, 0.15) is 12.5 Å². The lowest BCUT2D eigenvalue weighted by Gasteiger charge is -2.07. The van der Waals surface area contributed by atoms with Gasteiger partial charge in [0.15, 0.2) is 0 Å². The Kier molecular flexibility index (Phi) is 3.90. The van der Waals surface area contributed by atoms with Gasteiger partial charge in [-0.3, -0.25) is 0 Å². The molecule has 13 heavy (non-hydrogen) atoms. The molecule has 0 aliphatic heterocycles. The molecule has 0 amide bonds. The van der Waals surface area contributed by atoms with Crippen LogP contribution in [0.2, 0.25) is 0 Å². The van der Waals surface area contributed by atoms with Crippen LogP contribution in [0.3, 0.4) is 0 Å². The molecule has 0 aliphatic rings. The quantitative estimate of drug-likeness (QED) is 0.452. The Balaban J connectivity index is 2.87. The lowest BCUT2D eigenvalue weighted by molar-refractivity contribution is 1.13. The highest BCUT2D eigenvalue weighted by Crippen LogP contribution is 2.27. The predicted octanol–water partition coefficient (Wildman–Crippen LogP) is 3.11. The second-order valence-corrected chi connectivity index (χ2v) is 3.84. The molecule has 1 aromatic carbocycles. The highest BCUT2D eigenvalue weighted by Gasteiger charge is 2.02. The molecule has 1 aromatic rings. The minimum absolute atomic E-state index is 0.914. The van der Waals surface area contributed by atoms with Crippen molar-refractivity contribution in [2.45, 2.75) is 18.2 Å². The molecule has 70 valence electrons. The van der Waals surface area contributed by atoms with Crippen LogP contribution in [0.15, 0.2) is 35.7 Å². The van der Waals surface area contributed by atoms with E-state index in [0.29, 0.717) is 0 Å². The third kappa shape index (κ3) is 2.52. The maximum atomic E-state index is 5.98. The molecule has 0 saturated carbocycles. The third-order valence-electron chi connectivity index (χ3n) is 1.89. The summed E-state index contributed by atoms with van der Waals surface area (Å²) in [5.41, 5.74) is 8.14. The summed E-state index contributed by atoms with van der Waals surface area (Å²) in [6.45, 7) is 5.81. The molecular formula is C11H15NS. The van der Waals surface area contributed by atoms with Crippen molar-refractivity contribution >= 4 is 17.4 Å². The number of rotatable bonds is 4. The van der Waals surface area contributed by atoms with Crippen molar-refractivity contribution in [2.24, 2.45) is 0 Å². The van der Waals surface area contributed by atoms with Gasteiger partial charge in [-0.25, -0.2) is 0 Å². The molecule has 0 aliphatic carbocycles. The van der Waals surface area contributed by atoms with Crippen LogP contribution in [0.25, 0.3) is 0 Å². The number of thioether (sulfide) groups is 1. The van der Waals surface area contributed by atoms with E-state index in [1.165, 1.54) is 10.5 Å². The van der Waals surface area contributed by atoms with Gasteiger partial charge in [0.05, 0.1) is 0 Å². The molecule has 0 radical (unpaired) electrons. The van der Waals surface area contributed by atoms with Crippen molar-refractivity contribution in [2.75, 3.05) is 11.5 Å². The van der Waals surface area contributed by atoms with E-state index in [9.17, 15) is 0 Å². The van der Waals surface area contributed by atoms with Crippen LogP contribution in [0.4, 0.5) is 5.69 Å². The second kappa shape index (κ2) is 4.97. The molecule has 1 nitrogen and oxygen atoms in total. The zero-order valence-corrected chi connectivity index (χ0v) is 8.73. The first-order valence-electron chi connectivity index (χ1n) is 4.40. The minimum Gasteiger partial charge on any atom is -0.398 e. The topological polar surface area (TPSA) is 26.0 Å². The van der Waals surface area contributed by atoms with Gasteiger partial charge in [0.25, 0.3) is 0 Å². The SMILES string of the molecule is C=CCSc1cccc(CC)c1N. The van der Waals surface area contributed by atoms with Crippen LogP contribution >= 0.6 is 11.8 Å². The number of anilines is 1. The normalized spacial score (nSPS) is 9.92. The number of aryl methyl sites for hydroxylation is 1. The van der Waals surface area contributed by atoms with E-state index in [1.54, 1.807) is 11.8 Å². The third-order valence-corrected chi connectivity index (χ3v) is 2.96. The standard InChI is InChI=1S/C11H15NS/c1-3-8-13-10-7-5-6-9(4-2)11(10)12/h3,5-7H,1,4,8,12H2,2H3. The van der Waals surface area contributed by atoms with E-state index >= 15 is 0 Å². The molecule has 0 aromatic heterocycles. The van der Waals surface area contributed by atoms with Gasteiger partial charge in [-0.1, -0.05) is 25.1 Å². The summed E-state index contributed by atoms with van der Waals surface area (Å²) in [4.78, 5) is 1.17. The van der Waals surface area contributed by atoms with E-state index in [1.807, 2.05) is 6.08 Å². The average molecular weight is 193 g/mol. The summed E-state index contributed by atoms with van der Waals surface area (Å²) in [7, 11) is 0. The Hall–Kier alpha value is -0.890. The largest absolute Gasteiger partial charge is 0.398 e. The van der Waals surface area contributed by atoms with Gasteiger partial charge in [0, 0.05) is 16.3 Å². The lowest BCUT2D eigenvalue weighted by Crippen LogP contribution is -1.94. The van der Waals surface area contributed by atoms with Gasteiger partial charge in [0.2, 0.25) is 0 Å². The first-order valence-corrected chi connectivity index (χ1v) is 5.39. The second-order valence-electron chi connectivity index (χ2n) is 2.78. The maximum Gasteiger partial charge on any atom is 0.0484 e. The van der Waals surface area contributed by atoms with Crippen LogP contribution < -0.4 is 5.73 Å². The van der Waals surface area contributed by atoms with Gasteiger partial charge in [0.1, 0.15) is 0 Å². The van der Waals surface area contributed by atoms with E-state index in [-0.39, 0.29) is 0 Å². The minimum atomic E-state index is 0.914. The van der Waals surface area contributed by atoms with Crippen LogP contribution in [-0.4, -0.2) is 5.75 Å². The Morgan fingerprint density at radius 3 is 2.92 bits per heavy atom. The number of hydrogen-bond donors (Lipinski definition) is 1. The highest BCUT2D eigenvalue weighted by molar-refractivity contribution is 7.99. The van der Waals surface area contributed by atoms with Gasteiger partial charge in [-0.05, 0) is 18.1 Å². The van der Waals surface area contributed by atoms with E-state index < -0.39 is 0 Å². The van der Waals surface area contributed by atoms with Crippen molar-refractivity contribution in [3.8, 4) is 0 Å². The number of nitrogens with two attached hydrogens (primary N) is 1. The molecule has 0 spiro atoms. The number of para-hydroxylation sites is 1. The van der Waals surface area contributed by atoms with Gasteiger partial charge >= 0.3 is 0 Å².